The zero-order chi connectivity index (χ0) is 17.3. The van der Waals surface area contributed by atoms with Crippen LogP contribution in [0.2, 0.25) is 5.02 Å². The Hall–Kier alpha value is -2.66. The molecule has 1 aliphatic rings. The van der Waals surface area contributed by atoms with E-state index in [1.165, 1.54) is 6.92 Å². The predicted octanol–water partition coefficient (Wildman–Crippen LogP) is 3.29. The topological polar surface area (TPSA) is 66.5 Å². The number of carbonyl (C=O) groups is 3. The average molecular weight is 343 g/mol. The normalized spacial score (nSPS) is 17.2. The van der Waals surface area contributed by atoms with Gasteiger partial charge < -0.3 is 5.32 Å². The van der Waals surface area contributed by atoms with Crippen molar-refractivity contribution in [2.45, 2.75) is 19.4 Å². The minimum atomic E-state index is -0.684. The van der Waals surface area contributed by atoms with Gasteiger partial charge in [0.25, 0.3) is 5.91 Å². The number of Topliss-reactive ketones (excluding diaryl/α,β-unsaturated/α-hetero) is 1. The Labute approximate surface area is 144 Å². The number of hydrogen-bond acceptors (Lipinski definition) is 4. The fourth-order valence-electron chi connectivity index (χ4n) is 2.66. The molecule has 0 saturated carbocycles. The minimum absolute atomic E-state index is 0.0361. The Morgan fingerprint density at radius 1 is 1.17 bits per heavy atom. The van der Waals surface area contributed by atoms with E-state index in [9.17, 15) is 14.4 Å². The maximum atomic E-state index is 12.6. The Balaban J connectivity index is 1.83. The molecule has 2 aromatic carbocycles. The van der Waals surface area contributed by atoms with Crippen LogP contribution >= 0.6 is 11.6 Å². The van der Waals surface area contributed by atoms with E-state index in [1.54, 1.807) is 48.5 Å². The number of benzene rings is 2. The summed E-state index contributed by atoms with van der Waals surface area (Å²) in [6.07, 6.45) is 0.0361. The summed E-state index contributed by atoms with van der Waals surface area (Å²) in [5.74, 6) is -0.736. The molecule has 1 N–H and O–H groups in total. The van der Waals surface area contributed by atoms with Crippen molar-refractivity contribution < 1.29 is 14.4 Å². The molecule has 0 aromatic heterocycles. The zero-order valence-corrected chi connectivity index (χ0v) is 13.7. The Kier molecular flexibility index (Phi) is 4.36. The number of rotatable bonds is 4. The highest BCUT2D eigenvalue weighted by atomic mass is 35.5. The van der Waals surface area contributed by atoms with E-state index in [0.29, 0.717) is 22.0 Å². The number of para-hydroxylation sites is 1. The van der Waals surface area contributed by atoms with Gasteiger partial charge in [-0.15, -0.1) is 0 Å². The van der Waals surface area contributed by atoms with Crippen molar-refractivity contribution in [2.24, 2.45) is 0 Å². The molecule has 3 rings (SSSR count). The number of halogens is 1. The summed E-state index contributed by atoms with van der Waals surface area (Å²) in [5, 5.41) is 3.37. The number of hydrogen-bond donors (Lipinski definition) is 1. The van der Waals surface area contributed by atoms with Gasteiger partial charge in [0.2, 0.25) is 5.91 Å². The van der Waals surface area contributed by atoms with Crippen LogP contribution in [0.4, 0.5) is 11.4 Å². The third-order valence-electron chi connectivity index (χ3n) is 3.85. The van der Waals surface area contributed by atoms with Crippen LogP contribution in [0.15, 0.2) is 48.5 Å². The van der Waals surface area contributed by atoms with E-state index >= 15 is 0 Å². The van der Waals surface area contributed by atoms with Gasteiger partial charge in [-0.2, -0.15) is 0 Å². The number of amides is 2. The highest BCUT2D eigenvalue weighted by molar-refractivity contribution is 6.36. The van der Waals surface area contributed by atoms with Crippen LogP contribution < -0.4 is 10.2 Å². The first kappa shape index (κ1) is 16.2. The third-order valence-corrected chi connectivity index (χ3v) is 4.17. The van der Waals surface area contributed by atoms with Crippen molar-refractivity contribution in [1.29, 1.82) is 0 Å². The van der Waals surface area contributed by atoms with Crippen molar-refractivity contribution in [3.05, 3.63) is 59.1 Å². The van der Waals surface area contributed by atoms with Crippen LogP contribution in [-0.4, -0.2) is 23.6 Å². The van der Waals surface area contributed by atoms with Crippen LogP contribution in [0.3, 0.4) is 0 Å². The number of carbonyl (C=O) groups excluding carboxylic acids is 3. The zero-order valence-electron chi connectivity index (χ0n) is 13.0. The highest BCUT2D eigenvalue weighted by Gasteiger charge is 2.40. The van der Waals surface area contributed by atoms with Gasteiger partial charge in [0.1, 0.15) is 6.04 Å². The second-order valence-electron chi connectivity index (χ2n) is 5.56. The summed E-state index contributed by atoms with van der Waals surface area (Å²) in [6, 6.07) is 12.9. The second-order valence-corrected chi connectivity index (χ2v) is 5.96. The lowest BCUT2D eigenvalue weighted by molar-refractivity contribution is -0.121. The van der Waals surface area contributed by atoms with Gasteiger partial charge in [-0.05, 0) is 31.2 Å². The minimum Gasteiger partial charge on any atom is -0.373 e. The molecular weight excluding hydrogens is 328 g/mol. The first-order valence-electron chi connectivity index (χ1n) is 7.46. The summed E-state index contributed by atoms with van der Waals surface area (Å²) >= 11 is 6.09. The molecule has 1 saturated heterocycles. The molecule has 1 aliphatic heterocycles. The summed E-state index contributed by atoms with van der Waals surface area (Å²) < 4.78 is 0. The first-order valence-corrected chi connectivity index (χ1v) is 7.84. The summed E-state index contributed by atoms with van der Waals surface area (Å²) in [4.78, 5) is 37.4. The smallest absolute Gasteiger partial charge is 0.256 e. The number of anilines is 2. The lowest BCUT2D eigenvalue weighted by Gasteiger charge is -2.17. The lowest BCUT2D eigenvalue weighted by atomic mass is 10.1. The largest absolute Gasteiger partial charge is 0.373 e. The molecule has 2 amide bonds. The van der Waals surface area contributed by atoms with Gasteiger partial charge in [-0.25, -0.2) is 4.90 Å². The molecule has 0 bridgehead atoms. The molecule has 0 spiro atoms. The highest BCUT2D eigenvalue weighted by Crippen LogP contribution is 2.30. The van der Waals surface area contributed by atoms with Crippen LogP contribution in [0, 0.1) is 0 Å². The number of imide groups is 1. The van der Waals surface area contributed by atoms with Crippen LogP contribution in [0.25, 0.3) is 0 Å². The molecular formula is C18H15ClN2O3. The van der Waals surface area contributed by atoms with Crippen molar-refractivity contribution in [3.8, 4) is 0 Å². The molecule has 1 fully saturated rings. The van der Waals surface area contributed by atoms with E-state index in [2.05, 4.69) is 5.32 Å². The van der Waals surface area contributed by atoms with Crippen LogP contribution in [0.5, 0.6) is 0 Å². The molecule has 5 nitrogen and oxygen atoms in total. The van der Waals surface area contributed by atoms with Gasteiger partial charge in [-0.1, -0.05) is 35.9 Å². The van der Waals surface area contributed by atoms with E-state index < -0.39 is 6.04 Å². The van der Waals surface area contributed by atoms with Crippen LogP contribution in [0.1, 0.15) is 23.7 Å². The third kappa shape index (κ3) is 3.03. The molecule has 122 valence electrons. The standard InChI is InChI=1S/C18H15ClN2O3/c1-11(22)12-5-4-6-13(9-12)20-15-10-17(23)21(18(15)24)16-8-3-2-7-14(16)19/h2-9,15,20H,10H2,1H3/t15-/m1/s1. The molecule has 1 heterocycles. The quantitative estimate of drug-likeness (QED) is 0.684. The molecule has 0 unspecified atom stereocenters. The van der Waals surface area contributed by atoms with Gasteiger partial charge in [0, 0.05) is 11.3 Å². The average Bonchev–Trinajstić information content (AvgIpc) is 2.82. The fraction of sp³-hybridized carbons (Fsp3) is 0.167. The van der Waals surface area contributed by atoms with Crippen molar-refractivity contribution >= 4 is 40.6 Å². The van der Waals surface area contributed by atoms with E-state index in [-0.39, 0.29) is 24.0 Å². The molecule has 0 aliphatic carbocycles. The van der Waals surface area contributed by atoms with E-state index in [4.69, 9.17) is 11.6 Å². The predicted molar refractivity (Wildman–Crippen MR) is 92.4 cm³/mol. The maximum absolute atomic E-state index is 12.6. The SMILES string of the molecule is CC(=O)c1cccc(N[C@@H]2CC(=O)N(c3ccccc3Cl)C2=O)c1. The summed E-state index contributed by atoms with van der Waals surface area (Å²) in [5.41, 5.74) is 1.55. The number of nitrogens with zero attached hydrogens (tertiary/aromatic N) is 1. The molecule has 24 heavy (non-hydrogen) atoms. The molecule has 0 radical (unpaired) electrons. The van der Waals surface area contributed by atoms with Gasteiger partial charge >= 0.3 is 0 Å². The van der Waals surface area contributed by atoms with Crippen molar-refractivity contribution in [1.82, 2.24) is 0 Å². The summed E-state index contributed by atoms with van der Waals surface area (Å²) in [6.45, 7) is 1.47. The van der Waals surface area contributed by atoms with Crippen molar-refractivity contribution in [3.63, 3.8) is 0 Å². The fourth-order valence-corrected chi connectivity index (χ4v) is 2.88. The van der Waals surface area contributed by atoms with Crippen LogP contribution in [-0.2, 0) is 9.59 Å². The Morgan fingerprint density at radius 3 is 2.62 bits per heavy atom. The van der Waals surface area contributed by atoms with Gasteiger partial charge in [0.05, 0.1) is 17.1 Å². The summed E-state index contributed by atoms with van der Waals surface area (Å²) in [7, 11) is 0. The number of nitrogens with one attached hydrogen (secondary N) is 1. The van der Waals surface area contributed by atoms with E-state index in [0.717, 1.165) is 4.90 Å². The molecule has 2 aromatic rings. The first-order chi connectivity index (χ1) is 11.5. The Morgan fingerprint density at radius 2 is 1.92 bits per heavy atom. The van der Waals surface area contributed by atoms with Crippen molar-refractivity contribution in [2.75, 3.05) is 10.2 Å². The maximum Gasteiger partial charge on any atom is 0.256 e. The molecule has 1 atom stereocenters. The number of ketones is 1. The van der Waals surface area contributed by atoms with Gasteiger partial charge in [0.15, 0.2) is 5.78 Å². The Bertz CT molecular complexity index is 835. The second kappa shape index (κ2) is 6.45. The van der Waals surface area contributed by atoms with E-state index in [1.807, 2.05) is 0 Å². The van der Waals surface area contributed by atoms with Gasteiger partial charge in [-0.3, -0.25) is 14.4 Å². The molecule has 6 heteroatoms. The monoisotopic (exact) mass is 342 g/mol. The lowest BCUT2D eigenvalue weighted by Crippen LogP contribution is -2.35.